The highest BCUT2D eigenvalue weighted by atomic mass is 32.2. The van der Waals surface area contributed by atoms with E-state index in [0.717, 1.165) is 48.3 Å². The van der Waals surface area contributed by atoms with Gasteiger partial charge in [0.25, 0.3) is 5.91 Å². The highest BCUT2D eigenvalue weighted by Crippen LogP contribution is 2.44. The second-order valence-electron chi connectivity index (χ2n) is 14.9. The zero-order chi connectivity index (χ0) is 43.4. The van der Waals surface area contributed by atoms with Gasteiger partial charge in [0, 0.05) is 30.8 Å². The van der Waals surface area contributed by atoms with Crippen molar-refractivity contribution in [1.82, 2.24) is 14.3 Å². The number of benzene rings is 4. The quantitative estimate of drug-likeness (QED) is 0.0849. The van der Waals surface area contributed by atoms with E-state index in [0.29, 0.717) is 9.87 Å². The molecule has 1 amide bonds. The first-order valence-electron chi connectivity index (χ1n) is 19.5. The van der Waals surface area contributed by atoms with E-state index in [2.05, 4.69) is 9.97 Å². The van der Waals surface area contributed by atoms with Gasteiger partial charge in [0.1, 0.15) is 6.61 Å². The van der Waals surface area contributed by atoms with Crippen LogP contribution in [0.2, 0.25) is 0 Å². The van der Waals surface area contributed by atoms with Crippen LogP contribution in [0.25, 0.3) is 0 Å². The number of anilines is 1. The van der Waals surface area contributed by atoms with E-state index in [9.17, 15) is 39.6 Å². The van der Waals surface area contributed by atoms with Crippen molar-refractivity contribution in [3.05, 3.63) is 155 Å². The number of rotatable bonds is 13. The molecular formula is C44H40F6N4O6S. The first kappa shape index (κ1) is 43.4. The standard InChI is InChI=1S/C44H40F6N4O6S/c45-43(46,47)34-22-35(44(48,49)50)24-38(23-34)61(57,58)54-21-20-42(54,60-29-31-12-6-2-7-13-31)41(56)53(27-36-25-52-39(26-51-36)32-14-8-3-9-15-32)37-18-16-33(17-19-37)40(55)59-28-30-10-4-1-5-11-30/h1-2,4-7,10-13,16-19,22-26,32H,3,8-9,14-15,20-21,27-29H2/t42-/m1/s1. The smallest absolute Gasteiger partial charge is 0.416 e. The number of alkyl halides is 6. The number of aromatic nitrogens is 2. The van der Waals surface area contributed by atoms with Gasteiger partial charge in [0.15, 0.2) is 0 Å². The van der Waals surface area contributed by atoms with E-state index in [1.165, 1.54) is 30.5 Å². The molecule has 17 heteroatoms. The number of carbonyl (C=O) groups excluding carboxylic acids is 2. The average Bonchev–Trinajstić information content (AvgIpc) is 3.25. The van der Waals surface area contributed by atoms with E-state index in [4.69, 9.17) is 9.47 Å². The summed E-state index contributed by atoms with van der Waals surface area (Å²) in [6, 6.07) is 22.9. The molecule has 1 aliphatic heterocycles. The molecule has 1 aromatic heterocycles. The predicted octanol–water partition coefficient (Wildman–Crippen LogP) is 9.46. The van der Waals surface area contributed by atoms with Crippen LogP contribution in [-0.4, -0.2) is 46.8 Å². The highest BCUT2D eigenvalue weighted by molar-refractivity contribution is 7.89. The summed E-state index contributed by atoms with van der Waals surface area (Å²) in [5, 5.41) is 0. The molecule has 10 nitrogen and oxygen atoms in total. The number of ether oxygens (including phenoxy) is 2. The van der Waals surface area contributed by atoms with Crippen molar-refractivity contribution in [2.75, 3.05) is 11.4 Å². The summed E-state index contributed by atoms with van der Waals surface area (Å²) in [6.45, 7) is -1.19. The summed E-state index contributed by atoms with van der Waals surface area (Å²) < 4.78 is 124. The van der Waals surface area contributed by atoms with Crippen molar-refractivity contribution in [2.45, 2.75) is 87.2 Å². The zero-order valence-electron chi connectivity index (χ0n) is 32.5. The Hall–Kier alpha value is -5.65. The molecule has 2 aliphatic rings. The summed E-state index contributed by atoms with van der Waals surface area (Å²) in [4.78, 5) is 37.3. The third kappa shape index (κ3) is 9.79. The molecule has 320 valence electrons. The molecule has 1 atom stereocenters. The minimum absolute atomic E-state index is 0.0104. The van der Waals surface area contributed by atoms with Gasteiger partial charge in [-0.3, -0.25) is 14.8 Å². The van der Waals surface area contributed by atoms with Gasteiger partial charge in [-0.05, 0) is 66.4 Å². The van der Waals surface area contributed by atoms with Gasteiger partial charge >= 0.3 is 18.3 Å². The van der Waals surface area contributed by atoms with Crippen molar-refractivity contribution in [3.8, 4) is 0 Å². The molecule has 0 N–H and O–H groups in total. The SMILES string of the molecule is O=C(OCc1ccccc1)c1ccc(N(Cc2cnc(C3CCCCC3)cn2)C(=O)[C@]2(OCc3ccccc3)CCN2S(=O)(=O)c2cc(C(F)(F)F)cc(C(F)(F)F)c2)cc1. The van der Waals surface area contributed by atoms with Gasteiger partial charge in [0.2, 0.25) is 15.7 Å². The number of carbonyl (C=O) groups is 2. The van der Waals surface area contributed by atoms with Gasteiger partial charge in [-0.25, -0.2) is 13.2 Å². The molecule has 5 aromatic rings. The topological polar surface area (TPSA) is 119 Å². The second kappa shape index (κ2) is 17.8. The van der Waals surface area contributed by atoms with E-state index < -0.39 is 62.5 Å². The van der Waals surface area contributed by atoms with Crippen LogP contribution in [0.15, 0.2) is 120 Å². The highest BCUT2D eigenvalue weighted by Gasteiger charge is 2.60. The van der Waals surface area contributed by atoms with Crippen LogP contribution in [0, 0.1) is 0 Å². The number of sulfonamides is 1. The predicted molar refractivity (Wildman–Crippen MR) is 210 cm³/mol. The van der Waals surface area contributed by atoms with Crippen LogP contribution in [0.5, 0.6) is 0 Å². The molecule has 4 aromatic carbocycles. The van der Waals surface area contributed by atoms with Crippen LogP contribution in [-0.2, 0) is 56.4 Å². The average molecular weight is 867 g/mol. The molecule has 0 unspecified atom stereocenters. The molecule has 0 spiro atoms. The lowest BCUT2D eigenvalue weighted by molar-refractivity contribution is -0.194. The van der Waals surface area contributed by atoms with Crippen LogP contribution < -0.4 is 4.90 Å². The second-order valence-corrected chi connectivity index (χ2v) is 16.8. The lowest BCUT2D eigenvalue weighted by Crippen LogP contribution is -2.70. The lowest BCUT2D eigenvalue weighted by Gasteiger charge is -2.50. The Labute approximate surface area is 348 Å². The van der Waals surface area contributed by atoms with Gasteiger partial charge < -0.3 is 14.4 Å². The maximum absolute atomic E-state index is 15.2. The van der Waals surface area contributed by atoms with Crippen molar-refractivity contribution >= 4 is 27.6 Å². The van der Waals surface area contributed by atoms with Crippen LogP contribution in [0.3, 0.4) is 0 Å². The van der Waals surface area contributed by atoms with Gasteiger partial charge in [-0.15, -0.1) is 0 Å². The third-order valence-electron chi connectivity index (χ3n) is 10.8. The molecule has 1 saturated carbocycles. The number of esters is 1. The molecule has 0 radical (unpaired) electrons. The minimum atomic E-state index is -5.35. The first-order valence-corrected chi connectivity index (χ1v) is 20.9. The van der Waals surface area contributed by atoms with Gasteiger partial charge in [-0.2, -0.15) is 30.6 Å². The summed E-state index contributed by atoms with van der Waals surface area (Å²) >= 11 is 0. The molecule has 7 rings (SSSR count). The fourth-order valence-electron chi connectivity index (χ4n) is 7.41. The monoisotopic (exact) mass is 866 g/mol. The number of hydrogen-bond acceptors (Lipinski definition) is 8. The van der Waals surface area contributed by atoms with E-state index in [1.807, 2.05) is 6.07 Å². The van der Waals surface area contributed by atoms with Gasteiger partial charge in [-0.1, -0.05) is 79.9 Å². The maximum atomic E-state index is 15.2. The molecule has 61 heavy (non-hydrogen) atoms. The fourth-order valence-corrected chi connectivity index (χ4v) is 9.16. The molecule has 1 aliphatic carbocycles. The molecular weight excluding hydrogens is 827 g/mol. The van der Waals surface area contributed by atoms with E-state index >= 15 is 4.79 Å². The summed E-state index contributed by atoms with van der Waals surface area (Å²) in [7, 11) is -5.31. The molecule has 1 saturated heterocycles. The summed E-state index contributed by atoms with van der Waals surface area (Å²) in [5.74, 6) is -1.48. The summed E-state index contributed by atoms with van der Waals surface area (Å²) in [5.41, 5.74) is -3.61. The van der Waals surface area contributed by atoms with Crippen LogP contribution in [0.1, 0.15) is 88.4 Å². The van der Waals surface area contributed by atoms with Crippen LogP contribution in [0.4, 0.5) is 32.0 Å². The molecule has 2 heterocycles. The van der Waals surface area contributed by atoms with Gasteiger partial charge in [0.05, 0.1) is 52.3 Å². The summed E-state index contributed by atoms with van der Waals surface area (Å²) in [6.07, 6.45) is -2.79. The lowest BCUT2D eigenvalue weighted by atomic mass is 9.87. The largest absolute Gasteiger partial charge is 0.457 e. The molecule has 0 bridgehead atoms. The first-order chi connectivity index (χ1) is 29.0. The Balaban J connectivity index is 1.27. The number of hydrogen-bond donors (Lipinski definition) is 0. The van der Waals surface area contributed by atoms with Crippen LogP contribution >= 0.6 is 0 Å². The molecule has 2 fully saturated rings. The third-order valence-corrected chi connectivity index (χ3v) is 12.7. The number of amides is 1. The number of nitrogens with zero attached hydrogens (tertiary/aromatic N) is 4. The Morgan fingerprint density at radius 3 is 1.87 bits per heavy atom. The van der Waals surface area contributed by atoms with Crippen molar-refractivity contribution < 1.29 is 53.8 Å². The normalized spacial score (nSPS) is 17.7. The fraction of sp³-hybridized carbons (Fsp3) is 0.318. The maximum Gasteiger partial charge on any atom is 0.416 e. The van der Waals surface area contributed by atoms with Crippen molar-refractivity contribution in [2.24, 2.45) is 0 Å². The van der Waals surface area contributed by atoms with Crippen molar-refractivity contribution in [3.63, 3.8) is 0 Å². The zero-order valence-corrected chi connectivity index (χ0v) is 33.3. The van der Waals surface area contributed by atoms with E-state index in [-0.39, 0.29) is 67.2 Å². The Bertz CT molecular complexity index is 2400. The van der Waals surface area contributed by atoms with E-state index in [1.54, 1.807) is 60.8 Å². The Morgan fingerprint density at radius 2 is 1.34 bits per heavy atom. The Kier molecular flexibility index (Phi) is 12.6. The minimum Gasteiger partial charge on any atom is -0.457 e. The Morgan fingerprint density at radius 1 is 0.754 bits per heavy atom. The van der Waals surface area contributed by atoms with Crippen molar-refractivity contribution in [1.29, 1.82) is 0 Å². The number of halogens is 6.